The van der Waals surface area contributed by atoms with Gasteiger partial charge in [-0.05, 0) is 48.8 Å². The summed E-state index contributed by atoms with van der Waals surface area (Å²) >= 11 is 0. The predicted octanol–water partition coefficient (Wildman–Crippen LogP) is 2.39. The third-order valence-electron chi connectivity index (χ3n) is 4.13. The van der Waals surface area contributed by atoms with E-state index in [0.717, 1.165) is 31.2 Å². The SMILES string of the molecule is CC1(C)CCC(NS(=O)(=O)c2ccc(CN)cc2)CC1. The minimum absolute atomic E-state index is 0.0576. The van der Waals surface area contributed by atoms with Gasteiger partial charge >= 0.3 is 0 Å². The van der Waals surface area contributed by atoms with Crippen molar-refractivity contribution in [1.29, 1.82) is 0 Å². The highest BCUT2D eigenvalue weighted by Crippen LogP contribution is 2.35. The Bertz CT molecular complexity index is 540. The monoisotopic (exact) mass is 296 g/mol. The molecule has 0 unspecified atom stereocenters. The molecule has 0 radical (unpaired) electrons. The molecule has 0 aromatic heterocycles. The van der Waals surface area contributed by atoms with E-state index in [4.69, 9.17) is 5.73 Å². The largest absolute Gasteiger partial charge is 0.326 e. The van der Waals surface area contributed by atoms with Crippen LogP contribution in [0.5, 0.6) is 0 Å². The van der Waals surface area contributed by atoms with Crippen LogP contribution < -0.4 is 10.5 Å². The number of hydrogen-bond donors (Lipinski definition) is 2. The summed E-state index contributed by atoms with van der Waals surface area (Å²) in [4.78, 5) is 0.319. The van der Waals surface area contributed by atoms with Crippen LogP contribution in [0.25, 0.3) is 0 Å². The Labute approximate surface area is 121 Å². The Morgan fingerprint density at radius 1 is 1.20 bits per heavy atom. The molecule has 1 aromatic rings. The van der Waals surface area contributed by atoms with Crippen LogP contribution in [-0.4, -0.2) is 14.5 Å². The minimum Gasteiger partial charge on any atom is -0.326 e. The second-order valence-electron chi connectivity index (χ2n) is 6.41. The molecule has 4 nitrogen and oxygen atoms in total. The van der Waals surface area contributed by atoms with Crippen LogP contribution in [0.15, 0.2) is 29.2 Å². The van der Waals surface area contributed by atoms with Gasteiger partial charge in [-0.2, -0.15) is 0 Å². The van der Waals surface area contributed by atoms with Crippen LogP contribution in [0.3, 0.4) is 0 Å². The van der Waals surface area contributed by atoms with Crippen molar-refractivity contribution in [2.45, 2.75) is 57.0 Å². The molecule has 0 aliphatic heterocycles. The lowest BCUT2D eigenvalue weighted by Gasteiger charge is -2.34. The molecule has 1 aliphatic rings. The summed E-state index contributed by atoms with van der Waals surface area (Å²) in [5.74, 6) is 0. The summed E-state index contributed by atoms with van der Waals surface area (Å²) in [6.45, 7) is 4.90. The number of rotatable bonds is 4. The molecule has 20 heavy (non-hydrogen) atoms. The van der Waals surface area contributed by atoms with Gasteiger partial charge in [0, 0.05) is 12.6 Å². The molecular weight excluding hydrogens is 272 g/mol. The van der Waals surface area contributed by atoms with E-state index in [-0.39, 0.29) is 6.04 Å². The molecule has 0 heterocycles. The summed E-state index contributed by atoms with van der Waals surface area (Å²) in [7, 11) is -3.41. The lowest BCUT2D eigenvalue weighted by molar-refractivity contribution is 0.218. The average molecular weight is 296 g/mol. The fourth-order valence-corrected chi connectivity index (χ4v) is 3.91. The number of sulfonamides is 1. The van der Waals surface area contributed by atoms with Gasteiger partial charge in [0.2, 0.25) is 10.0 Å². The van der Waals surface area contributed by atoms with Gasteiger partial charge in [-0.25, -0.2) is 13.1 Å². The van der Waals surface area contributed by atoms with Crippen LogP contribution >= 0.6 is 0 Å². The van der Waals surface area contributed by atoms with Crippen molar-refractivity contribution in [1.82, 2.24) is 4.72 Å². The molecule has 112 valence electrons. The van der Waals surface area contributed by atoms with E-state index in [9.17, 15) is 8.42 Å². The number of benzene rings is 1. The van der Waals surface area contributed by atoms with Crippen molar-refractivity contribution in [2.24, 2.45) is 11.1 Å². The van der Waals surface area contributed by atoms with Crippen LogP contribution in [-0.2, 0) is 16.6 Å². The van der Waals surface area contributed by atoms with Crippen molar-refractivity contribution < 1.29 is 8.42 Å². The van der Waals surface area contributed by atoms with Gasteiger partial charge in [-0.15, -0.1) is 0 Å². The molecule has 0 spiro atoms. The van der Waals surface area contributed by atoms with E-state index >= 15 is 0 Å². The first-order valence-corrected chi connectivity index (χ1v) is 8.62. The van der Waals surface area contributed by atoms with E-state index in [1.54, 1.807) is 24.3 Å². The lowest BCUT2D eigenvalue weighted by atomic mass is 9.76. The molecule has 1 aliphatic carbocycles. The topological polar surface area (TPSA) is 72.2 Å². The molecule has 0 bridgehead atoms. The third-order valence-corrected chi connectivity index (χ3v) is 5.67. The Hall–Kier alpha value is -0.910. The second kappa shape index (κ2) is 5.84. The first-order valence-electron chi connectivity index (χ1n) is 7.14. The standard InChI is InChI=1S/C15H24N2O2S/c1-15(2)9-7-13(8-10-15)17-20(18,19)14-5-3-12(11-16)4-6-14/h3-6,13,17H,7-11,16H2,1-2H3. The molecule has 0 saturated heterocycles. The maximum Gasteiger partial charge on any atom is 0.240 e. The van der Waals surface area contributed by atoms with Gasteiger partial charge in [0.25, 0.3) is 0 Å². The van der Waals surface area contributed by atoms with Crippen molar-refractivity contribution in [3.8, 4) is 0 Å². The van der Waals surface area contributed by atoms with Crippen LogP contribution in [0.1, 0.15) is 45.1 Å². The zero-order chi connectivity index (χ0) is 14.8. The second-order valence-corrected chi connectivity index (χ2v) is 8.12. The van der Waals surface area contributed by atoms with E-state index in [1.165, 1.54) is 0 Å². The summed E-state index contributed by atoms with van der Waals surface area (Å²) in [5.41, 5.74) is 6.79. The molecule has 5 heteroatoms. The molecule has 2 rings (SSSR count). The van der Waals surface area contributed by atoms with Gasteiger partial charge in [-0.3, -0.25) is 0 Å². The maximum atomic E-state index is 12.3. The predicted molar refractivity (Wildman–Crippen MR) is 80.7 cm³/mol. The van der Waals surface area contributed by atoms with Crippen molar-refractivity contribution in [3.05, 3.63) is 29.8 Å². The van der Waals surface area contributed by atoms with Crippen LogP contribution in [0.4, 0.5) is 0 Å². The molecular formula is C15H24N2O2S. The van der Waals surface area contributed by atoms with Crippen molar-refractivity contribution in [2.75, 3.05) is 0 Å². The van der Waals surface area contributed by atoms with Crippen molar-refractivity contribution >= 4 is 10.0 Å². The van der Waals surface area contributed by atoms with Crippen LogP contribution in [0.2, 0.25) is 0 Å². The average Bonchev–Trinajstić information content (AvgIpc) is 2.41. The Morgan fingerprint density at radius 2 is 1.75 bits per heavy atom. The van der Waals surface area contributed by atoms with E-state index in [0.29, 0.717) is 16.9 Å². The van der Waals surface area contributed by atoms with Gasteiger partial charge in [0.15, 0.2) is 0 Å². The lowest BCUT2D eigenvalue weighted by Crippen LogP contribution is -2.39. The quantitative estimate of drug-likeness (QED) is 0.896. The zero-order valence-corrected chi connectivity index (χ0v) is 13.0. The van der Waals surface area contributed by atoms with Gasteiger partial charge in [0.05, 0.1) is 4.90 Å². The first kappa shape index (κ1) is 15.5. The summed E-state index contributed by atoms with van der Waals surface area (Å²) in [6, 6.07) is 6.83. The highest BCUT2D eigenvalue weighted by molar-refractivity contribution is 7.89. The highest BCUT2D eigenvalue weighted by Gasteiger charge is 2.29. The summed E-state index contributed by atoms with van der Waals surface area (Å²) in [5, 5.41) is 0. The van der Waals surface area contributed by atoms with Crippen LogP contribution in [0, 0.1) is 5.41 Å². The molecule has 0 atom stereocenters. The number of nitrogens with two attached hydrogens (primary N) is 1. The molecule has 0 amide bonds. The summed E-state index contributed by atoms with van der Waals surface area (Å²) in [6.07, 6.45) is 3.94. The van der Waals surface area contributed by atoms with Crippen molar-refractivity contribution in [3.63, 3.8) is 0 Å². The fourth-order valence-electron chi connectivity index (χ4n) is 2.61. The normalized spacial score (nSPS) is 19.9. The van der Waals surface area contributed by atoms with E-state index in [2.05, 4.69) is 18.6 Å². The first-order chi connectivity index (χ1) is 9.32. The molecule has 1 aromatic carbocycles. The van der Waals surface area contributed by atoms with Gasteiger partial charge < -0.3 is 5.73 Å². The van der Waals surface area contributed by atoms with E-state index in [1.807, 2.05) is 0 Å². The smallest absolute Gasteiger partial charge is 0.240 e. The molecule has 1 saturated carbocycles. The van der Waals surface area contributed by atoms with E-state index < -0.39 is 10.0 Å². The Balaban J connectivity index is 2.04. The fraction of sp³-hybridized carbons (Fsp3) is 0.600. The maximum absolute atomic E-state index is 12.3. The van der Waals surface area contributed by atoms with Gasteiger partial charge in [0.1, 0.15) is 0 Å². The summed E-state index contributed by atoms with van der Waals surface area (Å²) < 4.78 is 27.5. The molecule has 3 N–H and O–H groups in total. The minimum atomic E-state index is -3.41. The number of nitrogens with one attached hydrogen (secondary N) is 1. The molecule has 1 fully saturated rings. The third kappa shape index (κ3) is 3.81. The Morgan fingerprint density at radius 3 is 2.25 bits per heavy atom. The Kier molecular flexibility index (Phi) is 4.52. The van der Waals surface area contributed by atoms with Gasteiger partial charge in [-0.1, -0.05) is 26.0 Å². The number of hydrogen-bond acceptors (Lipinski definition) is 3. The highest BCUT2D eigenvalue weighted by atomic mass is 32.2. The zero-order valence-electron chi connectivity index (χ0n) is 12.2.